The van der Waals surface area contributed by atoms with Crippen LogP contribution in [0.1, 0.15) is 16.1 Å². The summed E-state index contributed by atoms with van der Waals surface area (Å²) in [7, 11) is 0. The highest BCUT2D eigenvalue weighted by Crippen LogP contribution is 2.16. The fourth-order valence-electron chi connectivity index (χ4n) is 0.774. The standard InChI is InChI=1S/C7H5BrFNO2/c1-3-2-4(9)6(8)10-5(3)7(11)12/h2H,1H3,(H,11,12). The lowest BCUT2D eigenvalue weighted by Crippen LogP contribution is -2.04. The quantitative estimate of drug-likeness (QED) is 0.756. The van der Waals surface area contributed by atoms with Crippen molar-refractivity contribution in [2.75, 3.05) is 0 Å². The fraction of sp³-hybridized carbons (Fsp3) is 0.143. The predicted molar refractivity (Wildman–Crippen MR) is 43.6 cm³/mol. The third-order valence-corrected chi connectivity index (χ3v) is 1.88. The van der Waals surface area contributed by atoms with Gasteiger partial charge in [-0.3, -0.25) is 0 Å². The van der Waals surface area contributed by atoms with Gasteiger partial charge < -0.3 is 5.11 Å². The first-order valence-electron chi connectivity index (χ1n) is 3.08. The summed E-state index contributed by atoms with van der Waals surface area (Å²) in [6.45, 7) is 1.49. The van der Waals surface area contributed by atoms with Crippen molar-refractivity contribution in [1.82, 2.24) is 4.98 Å². The molecule has 5 heteroatoms. The Balaban J connectivity index is 3.33. The Labute approximate surface area is 76.4 Å². The highest BCUT2D eigenvalue weighted by molar-refractivity contribution is 9.10. The molecule has 0 aliphatic carbocycles. The van der Waals surface area contributed by atoms with Gasteiger partial charge in [-0.05, 0) is 34.5 Å². The van der Waals surface area contributed by atoms with E-state index in [2.05, 4.69) is 20.9 Å². The summed E-state index contributed by atoms with van der Waals surface area (Å²) in [6, 6.07) is 1.13. The van der Waals surface area contributed by atoms with Gasteiger partial charge in [0.15, 0.2) is 11.5 Å². The van der Waals surface area contributed by atoms with Gasteiger partial charge in [0.25, 0.3) is 0 Å². The van der Waals surface area contributed by atoms with Crippen molar-refractivity contribution in [1.29, 1.82) is 0 Å². The van der Waals surface area contributed by atoms with E-state index in [1.54, 1.807) is 0 Å². The van der Waals surface area contributed by atoms with Crippen molar-refractivity contribution in [3.05, 3.63) is 27.7 Å². The summed E-state index contributed by atoms with van der Waals surface area (Å²) >= 11 is 2.80. The second-order valence-electron chi connectivity index (χ2n) is 2.23. The van der Waals surface area contributed by atoms with Gasteiger partial charge in [-0.15, -0.1) is 0 Å². The van der Waals surface area contributed by atoms with Gasteiger partial charge in [0.05, 0.1) is 0 Å². The molecule has 0 aromatic carbocycles. The molecule has 64 valence electrons. The molecule has 0 radical (unpaired) electrons. The monoisotopic (exact) mass is 233 g/mol. The largest absolute Gasteiger partial charge is 0.477 e. The number of aryl methyl sites for hydroxylation is 1. The Morgan fingerprint density at radius 3 is 2.83 bits per heavy atom. The van der Waals surface area contributed by atoms with E-state index in [9.17, 15) is 9.18 Å². The van der Waals surface area contributed by atoms with E-state index < -0.39 is 11.8 Å². The molecule has 1 rings (SSSR count). The molecule has 0 saturated carbocycles. The first-order valence-corrected chi connectivity index (χ1v) is 3.87. The predicted octanol–water partition coefficient (Wildman–Crippen LogP) is 1.99. The van der Waals surface area contributed by atoms with Crippen LogP contribution in [0.2, 0.25) is 0 Å². The number of rotatable bonds is 1. The highest BCUT2D eigenvalue weighted by Gasteiger charge is 2.12. The number of carboxylic acid groups (broad SMARTS) is 1. The Morgan fingerprint density at radius 2 is 2.33 bits per heavy atom. The minimum absolute atomic E-state index is 0.0782. The van der Waals surface area contributed by atoms with Gasteiger partial charge in [0.1, 0.15) is 4.60 Å². The van der Waals surface area contributed by atoms with Crippen LogP contribution < -0.4 is 0 Å². The number of hydrogen-bond acceptors (Lipinski definition) is 2. The molecule has 1 aromatic heterocycles. The SMILES string of the molecule is Cc1cc(F)c(Br)nc1C(=O)O. The molecule has 0 bridgehead atoms. The molecule has 12 heavy (non-hydrogen) atoms. The van der Waals surface area contributed by atoms with Crippen LogP contribution >= 0.6 is 15.9 Å². The summed E-state index contributed by atoms with van der Waals surface area (Å²) in [6.07, 6.45) is 0. The van der Waals surface area contributed by atoms with Crippen molar-refractivity contribution in [3.8, 4) is 0 Å². The van der Waals surface area contributed by atoms with E-state index in [-0.39, 0.29) is 10.3 Å². The molecule has 0 saturated heterocycles. The number of aromatic nitrogens is 1. The average molecular weight is 234 g/mol. The van der Waals surface area contributed by atoms with E-state index in [1.165, 1.54) is 6.92 Å². The van der Waals surface area contributed by atoms with Crippen molar-refractivity contribution < 1.29 is 14.3 Å². The summed E-state index contributed by atoms with van der Waals surface area (Å²) in [4.78, 5) is 14.0. The second kappa shape index (κ2) is 3.18. The summed E-state index contributed by atoms with van der Waals surface area (Å²) < 4.78 is 12.6. The van der Waals surface area contributed by atoms with Gasteiger partial charge in [-0.1, -0.05) is 0 Å². The summed E-state index contributed by atoms with van der Waals surface area (Å²) in [5, 5.41) is 8.58. The first kappa shape index (κ1) is 9.12. The zero-order chi connectivity index (χ0) is 9.30. The lowest BCUT2D eigenvalue weighted by atomic mass is 10.2. The second-order valence-corrected chi connectivity index (χ2v) is 2.98. The molecule has 1 heterocycles. The fourth-order valence-corrected chi connectivity index (χ4v) is 1.07. The van der Waals surface area contributed by atoms with Crippen molar-refractivity contribution in [2.24, 2.45) is 0 Å². The van der Waals surface area contributed by atoms with Gasteiger partial charge >= 0.3 is 5.97 Å². The minimum Gasteiger partial charge on any atom is -0.477 e. The van der Waals surface area contributed by atoms with Crippen LogP contribution in [0.4, 0.5) is 4.39 Å². The molecule has 1 N–H and O–H groups in total. The molecule has 0 fully saturated rings. The van der Waals surface area contributed by atoms with Crippen molar-refractivity contribution in [2.45, 2.75) is 6.92 Å². The lowest BCUT2D eigenvalue weighted by Gasteiger charge is -2.00. The Kier molecular flexibility index (Phi) is 2.42. The molecule has 3 nitrogen and oxygen atoms in total. The lowest BCUT2D eigenvalue weighted by molar-refractivity contribution is 0.0689. The van der Waals surface area contributed by atoms with Crippen molar-refractivity contribution in [3.63, 3.8) is 0 Å². The van der Waals surface area contributed by atoms with Crippen LogP contribution in [0.3, 0.4) is 0 Å². The number of carboxylic acids is 1. The van der Waals surface area contributed by atoms with Crippen LogP contribution in [-0.2, 0) is 0 Å². The normalized spacial score (nSPS) is 9.92. The Morgan fingerprint density at radius 1 is 1.75 bits per heavy atom. The van der Waals surface area contributed by atoms with Crippen LogP contribution in [0, 0.1) is 12.7 Å². The van der Waals surface area contributed by atoms with Gasteiger partial charge in [-0.25, -0.2) is 14.2 Å². The topological polar surface area (TPSA) is 50.2 Å². The number of aromatic carboxylic acids is 1. The smallest absolute Gasteiger partial charge is 0.354 e. The maximum Gasteiger partial charge on any atom is 0.354 e. The molecule has 1 aromatic rings. The van der Waals surface area contributed by atoms with Crippen LogP contribution in [-0.4, -0.2) is 16.1 Å². The van der Waals surface area contributed by atoms with Gasteiger partial charge in [-0.2, -0.15) is 0 Å². The molecular formula is C7H5BrFNO2. The average Bonchev–Trinajstić information content (AvgIpc) is 1.96. The van der Waals surface area contributed by atoms with E-state index in [4.69, 9.17) is 5.11 Å². The van der Waals surface area contributed by atoms with Crippen LogP contribution in [0.5, 0.6) is 0 Å². The number of hydrogen-bond donors (Lipinski definition) is 1. The van der Waals surface area contributed by atoms with E-state index in [0.29, 0.717) is 5.56 Å². The summed E-state index contributed by atoms with van der Waals surface area (Å²) in [5.74, 6) is -1.72. The molecule has 0 atom stereocenters. The van der Waals surface area contributed by atoms with E-state index in [1.807, 2.05) is 0 Å². The molecular weight excluding hydrogens is 229 g/mol. The Hall–Kier alpha value is -0.970. The third kappa shape index (κ3) is 1.61. The van der Waals surface area contributed by atoms with E-state index >= 15 is 0 Å². The zero-order valence-corrected chi connectivity index (χ0v) is 7.72. The maximum atomic E-state index is 12.7. The molecule has 0 unspecified atom stereocenters. The third-order valence-electron chi connectivity index (χ3n) is 1.33. The highest BCUT2D eigenvalue weighted by atomic mass is 79.9. The first-order chi connectivity index (χ1) is 5.52. The molecule has 0 spiro atoms. The number of halogens is 2. The zero-order valence-electron chi connectivity index (χ0n) is 6.14. The van der Waals surface area contributed by atoms with E-state index in [0.717, 1.165) is 6.07 Å². The number of carbonyl (C=O) groups is 1. The minimum atomic E-state index is -1.16. The maximum absolute atomic E-state index is 12.7. The molecule has 0 amide bonds. The van der Waals surface area contributed by atoms with Crippen LogP contribution in [0.25, 0.3) is 0 Å². The van der Waals surface area contributed by atoms with Gasteiger partial charge in [0, 0.05) is 0 Å². The van der Waals surface area contributed by atoms with Crippen molar-refractivity contribution >= 4 is 21.9 Å². The molecule has 0 aliphatic heterocycles. The summed E-state index contributed by atoms with van der Waals surface area (Å²) in [5.41, 5.74) is 0.173. The number of pyridine rings is 1. The Bertz CT molecular complexity index is 340. The number of nitrogens with zero attached hydrogens (tertiary/aromatic N) is 1. The van der Waals surface area contributed by atoms with Gasteiger partial charge in [0.2, 0.25) is 0 Å². The molecule has 0 aliphatic rings. The van der Waals surface area contributed by atoms with Crippen LogP contribution in [0.15, 0.2) is 10.7 Å².